The lowest BCUT2D eigenvalue weighted by molar-refractivity contribution is -0.125. The van der Waals surface area contributed by atoms with E-state index >= 15 is 0 Å². The van der Waals surface area contributed by atoms with Gasteiger partial charge in [-0.05, 0) is 30.3 Å². The predicted octanol–water partition coefficient (Wildman–Crippen LogP) is 5.12. The van der Waals surface area contributed by atoms with Gasteiger partial charge in [0.1, 0.15) is 4.88 Å². The van der Waals surface area contributed by atoms with Crippen LogP contribution in [0.3, 0.4) is 0 Å². The Hall–Kier alpha value is -2.06. The van der Waals surface area contributed by atoms with E-state index in [0.717, 1.165) is 10.1 Å². The summed E-state index contributed by atoms with van der Waals surface area (Å²) in [5.41, 5.74) is 3.26. The summed E-state index contributed by atoms with van der Waals surface area (Å²) < 4.78 is 0.907. The fraction of sp³-hybridized carbons (Fsp3) is 0.0556. The molecule has 4 rings (SSSR count). The van der Waals surface area contributed by atoms with Gasteiger partial charge in [0.2, 0.25) is 0 Å². The van der Waals surface area contributed by atoms with Crippen molar-refractivity contribution in [2.75, 3.05) is 5.75 Å². The lowest BCUT2D eigenvalue weighted by atomic mass is 10.2. The maximum absolute atomic E-state index is 12.7. The first-order valence-corrected chi connectivity index (χ1v) is 10.4. The van der Waals surface area contributed by atoms with Crippen LogP contribution in [0, 0.1) is 0 Å². The number of thioether (sulfide) groups is 1. The number of carbonyl (C=O) groups is 2. The molecule has 0 saturated carbocycles. The maximum Gasteiger partial charge on any atom is 0.281 e. The second kappa shape index (κ2) is 7.52. The summed E-state index contributed by atoms with van der Waals surface area (Å²) in [5.74, 6) is -0.494. The van der Waals surface area contributed by atoms with Crippen LogP contribution in [-0.2, 0) is 4.79 Å². The second-order valence-corrected chi connectivity index (χ2v) is 8.38. The smallest absolute Gasteiger partial charge is 0.272 e. The van der Waals surface area contributed by atoms with E-state index in [1.165, 1.54) is 28.1 Å². The Balaban J connectivity index is 1.61. The van der Waals surface area contributed by atoms with Crippen LogP contribution in [0.25, 0.3) is 10.1 Å². The van der Waals surface area contributed by atoms with Gasteiger partial charge < -0.3 is 0 Å². The fourth-order valence-electron chi connectivity index (χ4n) is 2.49. The summed E-state index contributed by atoms with van der Waals surface area (Å²) in [6.45, 7) is 0. The van der Waals surface area contributed by atoms with E-state index in [2.05, 4.69) is 10.4 Å². The molecule has 27 heavy (non-hydrogen) atoms. The molecule has 9 heteroatoms. The average molecular weight is 436 g/mol. The van der Waals surface area contributed by atoms with Crippen molar-refractivity contribution >= 4 is 79.1 Å². The van der Waals surface area contributed by atoms with Crippen LogP contribution in [0.1, 0.15) is 9.67 Å². The van der Waals surface area contributed by atoms with Crippen LogP contribution in [-0.4, -0.2) is 27.7 Å². The van der Waals surface area contributed by atoms with Crippen molar-refractivity contribution < 1.29 is 9.59 Å². The zero-order valence-electron chi connectivity index (χ0n) is 13.6. The number of fused-ring (bicyclic) bond motifs is 1. The fourth-order valence-corrected chi connectivity index (χ4v) is 4.85. The molecule has 0 unspecified atom stereocenters. The van der Waals surface area contributed by atoms with Crippen molar-refractivity contribution in [3.8, 4) is 0 Å². The highest BCUT2D eigenvalue weighted by Crippen LogP contribution is 2.35. The zero-order chi connectivity index (χ0) is 19.0. The zero-order valence-corrected chi connectivity index (χ0v) is 16.8. The summed E-state index contributed by atoms with van der Waals surface area (Å²) in [7, 11) is 0. The van der Waals surface area contributed by atoms with Crippen molar-refractivity contribution in [3.63, 3.8) is 0 Å². The highest BCUT2D eigenvalue weighted by molar-refractivity contribution is 8.15. The quantitative estimate of drug-likeness (QED) is 0.620. The molecule has 1 N–H and O–H groups in total. The number of benzene rings is 2. The number of halogens is 2. The number of amidine groups is 1. The van der Waals surface area contributed by atoms with Gasteiger partial charge in [0.25, 0.3) is 11.8 Å². The second-order valence-electron chi connectivity index (χ2n) is 5.57. The third kappa shape index (κ3) is 3.68. The number of carbonyl (C=O) groups excluding carboxylic acids is 2. The van der Waals surface area contributed by atoms with E-state index in [9.17, 15) is 9.59 Å². The van der Waals surface area contributed by atoms with E-state index in [-0.39, 0.29) is 11.7 Å². The molecule has 0 bridgehead atoms. The maximum atomic E-state index is 12.7. The molecular weight excluding hydrogens is 425 g/mol. The molecule has 0 atom stereocenters. The number of hydrogen-bond donors (Lipinski definition) is 1. The summed E-state index contributed by atoms with van der Waals surface area (Å²) in [6.07, 6.45) is 0. The Labute approximate surface area is 172 Å². The van der Waals surface area contributed by atoms with Gasteiger partial charge in [0.05, 0.1) is 16.5 Å². The third-order valence-electron chi connectivity index (χ3n) is 3.77. The molecule has 0 spiro atoms. The number of hydrazine groups is 1. The monoisotopic (exact) mass is 435 g/mol. The van der Waals surface area contributed by atoms with Crippen LogP contribution in [0.4, 0.5) is 5.69 Å². The van der Waals surface area contributed by atoms with Gasteiger partial charge in [0, 0.05) is 15.1 Å². The first-order valence-electron chi connectivity index (χ1n) is 7.81. The first kappa shape index (κ1) is 18.3. The molecule has 1 saturated heterocycles. The van der Waals surface area contributed by atoms with Crippen LogP contribution >= 0.6 is 46.3 Å². The van der Waals surface area contributed by atoms with E-state index in [1.807, 2.05) is 24.3 Å². The summed E-state index contributed by atoms with van der Waals surface area (Å²) in [5, 5.41) is 3.35. The van der Waals surface area contributed by atoms with Gasteiger partial charge in [0.15, 0.2) is 5.17 Å². The molecule has 1 aromatic heterocycles. The number of thiophene rings is 1. The van der Waals surface area contributed by atoms with E-state index in [4.69, 9.17) is 23.2 Å². The predicted molar refractivity (Wildman–Crippen MR) is 112 cm³/mol. The molecule has 1 aliphatic heterocycles. The van der Waals surface area contributed by atoms with E-state index in [0.29, 0.717) is 25.8 Å². The molecule has 0 aliphatic carbocycles. The summed E-state index contributed by atoms with van der Waals surface area (Å²) in [4.78, 5) is 29.7. The molecule has 0 radical (unpaired) electrons. The minimum Gasteiger partial charge on any atom is -0.272 e. The molecule has 2 heterocycles. The largest absolute Gasteiger partial charge is 0.281 e. The van der Waals surface area contributed by atoms with Gasteiger partial charge in [-0.25, -0.2) is 4.99 Å². The van der Waals surface area contributed by atoms with Crippen LogP contribution in [0.2, 0.25) is 10.0 Å². The summed E-state index contributed by atoms with van der Waals surface area (Å²) >= 11 is 14.8. The highest BCUT2D eigenvalue weighted by Gasteiger charge is 2.31. The molecule has 5 nitrogen and oxygen atoms in total. The van der Waals surface area contributed by atoms with Crippen molar-refractivity contribution in [1.82, 2.24) is 10.4 Å². The number of rotatable bonds is 3. The van der Waals surface area contributed by atoms with Gasteiger partial charge in [-0.1, -0.05) is 53.2 Å². The minimum absolute atomic E-state index is 0.201. The van der Waals surface area contributed by atoms with E-state index in [1.54, 1.807) is 24.3 Å². The number of nitrogens with one attached hydrogen (secondary N) is 1. The van der Waals surface area contributed by atoms with Crippen molar-refractivity contribution in [2.24, 2.45) is 4.99 Å². The van der Waals surface area contributed by atoms with Gasteiger partial charge in [-0.15, -0.1) is 11.3 Å². The summed E-state index contributed by atoms with van der Waals surface area (Å²) in [6, 6.07) is 14.4. The SMILES string of the molecule is O=C(NN1C(=O)CSC1=Nc1ccc(Cl)cc1)c1sc2ccccc2c1Cl. The number of amides is 2. The Morgan fingerprint density at radius 2 is 1.85 bits per heavy atom. The van der Waals surface area contributed by atoms with Crippen LogP contribution in [0.5, 0.6) is 0 Å². The molecule has 1 fully saturated rings. The topological polar surface area (TPSA) is 61.8 Å². The van der Waals surface area contributed by atoms with Gasteiger partial charge in [-0.3, -0.25) is 15.0 Å². The molecule has 3 aromatic rings. The van der Waals surface area contributed by atoms with Crippen LogP contribution < -0.4 is 5.43 Å². The number of aliphatic imine (C=N–C) groups is 1. The molecule has 2 aromatic carbocycles. The highest BCUT2D eigenvalue weighted by atomic mass is 35.5. The standard InChI is InChI=1S/C18H11Cl2N3O2S2/c19-10-5-7-11(8-6-10)21-18-23(14(24)9-26-18)22-17(25)16-15(20)12-3-1-2-4-13(12)27-16/h1-8H,9H2,(H,22,25). The average Bonchev–Trinajstić information content (AvgIpc) is 3.18. The van der Waals surface area contributed by atoms with Gasteiger partial charge in [-0.2, -0.15) is 5.01 Å². The molecule has 1 aliphatic rings. The van der Waals surface area contributed by atoms with Crippen molar-refractivity contribution in [3.05, 3.63) is 63.5 Å². The van der Waals surface area contributed by atoms with E-state index < -0.39 is 5.91 Å². The van der Waals surface area contributed by atoms with Crippen molar-refractivity contribution in [2.45, 2.75) is 0 Å². The lowest BCUT2D eigenvalue weighted by Crippen LogP contribution is -2.45. The van der Waals surface area contributed by atoms with Crippen LogP contribution in [0.15, 0.2) is 53.5 Å². The Bertz CT molecular complexity index is 1080. The van der Waals surface area contributed by atoms with Crippen molar-refractivity contribution in [1.29, 1.82) is 0 Å². The normalized spacial score (nSPS) is 15.7. The third-order valence-corrected chi connectivity index (χ3v) is 6.62. The number of hydrogen-bond acceptors (Lipinski definition) is 5. The first-order chi connectivity index (χ1) is 13.0. The Morgan fingerprint density at radius 3 is 2.59 bits per heavy atom. The Morgan fingerprint density at radius 1 is 1.11 bits per heavy atom. The molecule has 136 valence electrons. The Kier molecular flexibility index (Phi) is 5.10. The molecular formula is C18H11Cl2N3O2S2. The van der Waals surface area contributed by atoms with Gasteiger partial charge >= 0.3 is 0 Å². The minimum atomic E-state index is -0.444. The lowest BCUT2D eigenvalue weighted by Gasteiger charge is -2.16. The molecule has 2 amide bonds. The number of nitrogens with zero attached hydrogens (tertiary/aromatic N) is 2.